The molecule has 1 aromatic rings. The fraction of sp³-hybridized carbons (Fsp3) is 0.500. The third-order valence-electron chi connectivity index (χ3n) is 2.60. The lowest BCUT2D eigenvalue weighted by molar-refractivity contribution is 0.575. The van der Waals surface area contributed by atoms with E-state index in [0.717, 1.165) is 6.42 Å². The van der Waals surface area contributed by atoms with E-state index in [1.54, 1.807) is 0 Å². The number of rotatable bonds is 5. The number of hydrogen-bond donors (Lipinski definition) is 1. The van der Waals surface area contributed by atoms with Crippen LogP contribution in [0.1, 0.15) is 19.3 Å². The molecule has 0 spiro atoms. The van der Waals surface area contributed by atoms with Gasteiger partial charge in [0.2, 0.25) is 10.0 Å². The molecule has 1 aromatic heterocycles. The molecular formula is C10H12BrClN2O2S. The summed E-state index contributed by atoms with van der Waals surface area (Å²) in [6.45, 7) is 0.454. The van der Waals surface area contributed by atoms with Crippen LogP contribution in [0.5, 0.6) is 0 Å². The average Bonchev–Trinajstić information content (AvgIpc) is 3.05. The molecular weight excluding hydrogens is 328 g/mol. The van der Waals surface area contributed by atoms with Gasteiger partial charge in [-0.15, -0.1) is 0 Å². The van der Waals surface area contributed by atoms with E-state index in [-0.39, 0.29) is 10.0 Å². The molecule has 4 nitrogen and oxygen atoms in total. The molecule has 1 heterocycles. The summed E-state index contributed by atoms with van der Waals surface area (Å²) >= 11 is 8.96. The van der Waals surface area contributed by atoms with Gasteiger partial charge in [-0.25, -0.2) is 18.1 Å². The van der Waals surface area contributed by atoms with E-state index in [1.807, 2.05) is 0 Å². The predicted molar refractivity (Wildman–Crippen MR) is 69.5 cm³/mol. The van der Waals surface area contributed by atoms with Gasteiger partial charge in [0, 0.05) is 17.2 Å². The number of nitrogens with one attached hydrogen (secondary N) is 1. The van der Waals surface area contributed by atoms with Crippen LogP contribution >= 0.6 is 27.5 Å². The molecule has 7 heteroatoms. The molecule has 1 aliphatic carbocycles. The summed E-state index contributed by atoms with van der Waals surface area (Å²) in [5.41, 5.74) is 0. The molecule has 0 bridgehead atoms. The van der Waals surface area contributed by atoms with Crippen molar-refractivity contribution < 1.29 is 8.42 Å². The van der Waals surface area contributed by atoms with Gasteiger partial charge in [0.15, 0.2) is 0 Å². The van der Waals surface area contributed by atoms with Gasteiger partial charge in [-0.1, -0.05) is 24.4 Å². The fourth-order valence-electron chi connectivity index (χ4n) is 1.47. The molecule has 2 rings (SSSR count). The van der Waals surface area contributed by atoms with E-state index >= 15 is 0 Å². The normalized spacial score (nSPS) is 16.1. The summed E-state index contributed by atoms with van der Waals surface area (Å²) in [5.74, 6) is 0.689. The standard InChI is InChI=1S/C10H12BrClN2O2S/c11-8-5-9(10(12)13-6-8)17(15,16)14-4-3-7-1-2-7/h5-7,14H,1-4H2. The second-order valence-electron chi connectivity index (χ2n) is 4.07. The minimum atomic E-state index is -3.56. The minimum Gasteiger partial charge on any atom is -0.242 e. The Morgan fingerprint density at radius 1 is 1.53 bits per heavy atom. The van der Waals surface area contributed by atoms with Gasteiger partial charge < -0.3 is 0 Å². The Balaban J connectivity index is 2.09. The van der Waals surface area contributed by atoms with Crippen LogP contribution in [0.2, 0.25) is 5.15 Å². The lowest BCUT2D eigenvalue weighted by Gasteiger charge is -2.07. The Morgan fingerprint density at radius 2 is 2.24 bits per heavy atom. The number of nitrogens with zero attached hydrogens (tertiary/aromatic N) is 1. The summed E-state index contributed by atoms with van der Waals surface area (Å²) in [4.78, 5) is 3.82. The van der Waals surface area contributed by atoms with Crippen LogP contribution in [0.3, 0.4) is 0 Å². The molecule has 0 aromatic carbocycles. The van der Waals surface area contributed by atoms with Gasteiger partial charge in [-0.2, -0.15) is 0 Å². The first kappa shape index (κ1) is 13.3. The van der Waals surface area contributed by atoms with Crippen molar-refractivity contribution >= 4 is 37.6 Å². The third-order valence-corrected chi connectivity index (χ3v) is 4.93. The van der Waals surface area contributed by atoms with Gasteiger partial charge in [-0.05, 0) is 34.3 Å². The van der Waals surface area contributed by atoms with Crippen LogP contribution in [-0.4, -0.2) is 19.9 Å². The highest BCUT2D eigenvalue weighted by molar-refractivity contribution is 9.10. The first-order valence-electron chi connectivity index (χ1n) is 5.30. The maximum Gasteiger partial charge on any atom is 0.243 e. The maximum atomic E-state index is 12.0. The lowest BCUT2D eigenvalue weighted by Crippen LogP contribution is -2.25. The molecule has 1 aliphatic rings. The molecule has 0 atom stereocenters. The van der Waals surface area contributed by atoms with Crippen molar-refractivity contribution in [3.8, 4) is 0 Å². The van der Waals surface area contributed by atoms with Crippen molar-refractivity contribution in [3.05, 3.63) is 21.9 Å². The molecule has 0 unspecified atom stereocenters. The summed E-state index contributed by atoms with van der Waals surface area (Å²) in [6, 6.07) is 1.45. The number of halogens is 2. The summed E-state index contributed by atoms with van der Waals surface area (Å²) in [7, 11) is -3.56. The van der Waals surface area contributed by atoms with Crippen LogP contribution in [-0.2, 0) is 10.0 Å². The Kier molecular flexibility index (Phi) is 4.07. The Morgan fingerprint density at radius 3 is 2.88 bits per heavy atom. The Hall–Kier alpha value is -0.170. The molecule has 1 N–H and O–H groups in total. The van der Waals surface area contributed by atoms with E-state index in [4.69, 9.17) is 11.6 Å². The molecule has 1 saturated carbocycles. The smallest absolute Gasteiger partial charge is 0.242 e. The highest BCUT2D eigenvalue weighted by Gasteiger charge is 2.23. The molecule has 0 amide bonds. The van der Waals surface area contributed by atoms with Gasteiger partial charge in [-0.3, -0.25) is 0 Å². The Bertz CT molecular complexity index is 517. The first-order valence-corrected chi connectivity index (χ1v) is 7.95. The van der Waals surface area contributed by atoms with Gasteiger partial charge in [0.1, 0.15) is 10.0 Å². The predicted octanol–water partition coefficient (Wildman–Crippen LogP) is 2.58. The van der Waals surface area contributed by atoms with Crippen molar-refractivity contribution in [1.82, 2.24) is 9.71 Å². The molecule has 0 saturated heterocycles. The Labute approximate surface area is 114 Å². The quantitative estimate of drug-likeness (QED) is 0.839. The minimum absolute atomic E-state index is 0.00729. The van der Waals surface area contributed by atoms with Gasteiger partial charge in [0.05, 0.1) is 0 Å². The van der Waals surface area contributed by atoms with E-state index in [2.05, 4.69) is 25.6 Å². The van der Waals surface area contributed by atoms with Crippen molar-refractivity contribution in [1.29, 1.82) is 0 Å². The summed E-state index contributed by atoms with van der Waals surface area (Å²) in [5, 5.41) is -0.00729. The zero-order chi connectivity index (χ0) is 12.5. The van der Waals surface area contributed by atoms with E-state index in [1.165, 1.54) is 25.1 Å². The van der Waals surface area contributed by atoms with Gasteiger partial charge in [0.25, 0.3) is 0 Å². The van der Waals surface area contributed by atoms with Crippen LogP contribution < -0.4 is 4.72 Å². The van der Waals surface area contributed by atoms with Gasteiger partial charge >= 0.3 is 0 Å². The topological polar surface area (TPSA) is 59.1 Å². The molecule has 0 radical (unpaired) electrons. The average molecular weight is 340 g/mol. The second kappa shape index (κ2) is 5.22. The van der Waals surface area contributed by atoms with Crippen molar-refractivity contribution in [2.75, 3.05) is 6.54 Å². The first-order chi connectivity index (χ1) is 7.99. The number of pyridine rings is 1. The zero-order valence-electron chi connectivity index (χ0n) is 8.99. The largest absolute Gasteiger partial charge is 0.243 e. The third kappa shape index (κ3) is 3.64. The maximum absolute atomic E-state index is 12.0. The molecule has 1 fully saturated rings. The SMILES string of the molecule is O=S(=O)(NCCC1CC1)c1cc(Br)cnc1Cl. The monoisotopic (exact) mass is 338 g/mol. The van der Waals surface area contributed by atoms with Crippen molar-refractivity contribution in [3.63, 3.8) is 0 Å². The van der Waals surface area contributed by atoms with Crippen LogP contribution in [0.4, 0.5) is 0 Å². The van der Waals surface area contributed by atoms with Crippen molar-refractivity contribution in [2.24, 2.45) is 5.92 Å². The highest BCUT2D eigenvalue weighted by Crippen LogP contribution is 2.32. The molecule has 94 valence electrons. The lowest BCUT2D eigenvalue weighted by atomic mass is 10.3. The van der Waals surface area contributed by atoms with E-state index in [9.17, 15) is 8.42 Å². The summed E-state index contributed by atoms with van der Waals surface area (Å²) < 4.78 is 27.0. The molecule has 17 heavy (non-hydrogen) atoms. The van der Waals surface area contributed by atoms with Crippen LogP contribution in [0.15, 0.2) is 21.6 Å². The van der Waals surface area contributed by atoms with E-state index in [0.29, 0.717) is 16.9 Å². The number of aromatic nitrogens is 1. The number of hydrogen-bond acceptors (Lipinski definition) is 3. The fourth-order valence-corrected chi connectivity index (χ4v) is 3.46. The molecule has 0 aliphatic heterocycles. The van der Waals surface area contributed by atoms with Crippen molar-refractivity contribution in [2.45, 2.75) is 24.2 Å². The van der Waals surface area contributed by atoms with Crippen LogP contribution in [0.25, 0.3) is 0 Å². The van der Waals surface area contributed by atoms with E-state index < -0.39 is 10.0 Å². The zero-order valence-corrected chi connectivity index (χ0v) is 12.1. The second-order valence-corrected chi connectivity index (χ2v) is 7.08. The summed E-state index contributed by atoms with van der Waals surface area (Å²) in [6.07, 6.45) is 4.77. The highest BCUT2D eigenvalue weighted by atomic mass is 79.9. The number of sulfonamides is 1. The van der Waals surface area contributed by atoms with Crippen LogP contribution in [0, 0.1) is 5.92 Å².